The van der Waals surface area contributed by atoms with E-state index in [2.05, 4.69) is 30.9 Å². The summed E-state index contributed by atoms with van der Waals surface area (Å²) >= 11 is 8.82. The SMILES string of the molecule is O=C(CSc1nnc(NCc2ccccc2)s1)Nc1cc(Cl)ccc1-n1cncn1. The van der Waals surface area contributed by atoms with Crippen LogP contribution in [0, 0.1) is 0 Å². The number of carbonyl (C=O) groups is 1. The van der Waals surface area contributed by atoms with Gasteiger partial charge in [0.2, 0.25) is 11.0 Å². The largest absolute Gasteiger partial charge is 0.356 e. The number of halogens is 1. The van der Waals surface area contributed by atoms with Crippen molar-refractivity contribution in [2.24, 2.45) is 0 Å². The zero-order valence-electron chi connectivity index (χ0n) is 15.5. The molecule has 0 fully saturated rings. The molecule has 0 saturated carbocycles. The van der Waals surface area contributed by atoms with E-state index in [0.717, 1.165) is 5.56 Å². The minimum absolute atomic E-state index is 0.183. The molecule has 0 saturated heterocycles. The molecule has 2 aromatic carbocycles. The lowest BCUT2D eigenvalue weighted by Crippen LogP contribution is -2.16. The molecule has 2 heterocycles. The van der Waals surface area contributed by atoms with Crippen molar-refractivity contribution >= 4 is 51.4 Å². The van der Waals surface area contributed by atoms with Crippen LogP contribution >= 0.6 is 34.7 Å². The summed E-state index contributed by atoms with van der Waals surface area (Å²) in [4.78, 5) is 16.4. The van der Waals surface area contributed by atoms with Gasteiger partial charge in [-0.3, -0.25) is 4.79 Å². The van der Waals surface area contributed by atoms with Gasteiger partial charge in [-0.25, -0.2) is 9.67 Å². The van der Waals surface area contributed by atoms with Gasteiger partial charge >= 0.3 is 0 Å². The van der Waals surface area contributed by atoms with E-state index in [1.165, 1.54) is 29.4 Å². The number of benzene rings is 2. The van der Waals surface area contributed by atoms with Crippen LogP contribution in [0.15, 0.2) is 65.5 Å². The number of nitrogens with zero attached hydrogens (tertiary/aromatic N) is 5. The maximum atomic E-state index is 12.5. The maximum absolute atomic E-state index is 12.5. The summed E-state index contributed by atoms with van der Waals surface area (Å²) in [6.07, 6.45) is 2.98. The predicted molar refractivity (Wildman–Crippen MR) is 119 cm³/mol. The van der Waals surface area contributed by atoms with Crippen LogP contribution in [0.1, 0.15) is 5.56 Å². The van der Waals surface area contributed by atoms with Gasteiger partial charge in [-0.1, -0.05) is 65.0 Å². The molecule has 0 aliphatic heterocycles. The fourth-order valence-corrected chi connectivity index (χ4v) is 4.29. The monoisotopic (exact) mass is 457 g/mol. The number of rotatable bonds is 8. The van der Waals surface area contributed by atoms with Crippen molar-refractivity contribution in [2.45, 2.75) is 10.9 Å². The Kier molecular flexibility index (Phi) is 6.57. The number of thioether (sulfide) groups is 1. The Labute approximate surface area is 185 Å². The average molecular weight is 458 g/mol. The average Bonchev–Trinajstić information content (AvgIpc) is 3.44. The maximum Gasteiger partial charge on any atom is 0.234 e. The fraction of sp³-hybridized carbons (Fsp3) is 0.105. The van der Waals surface area contributed by atoms with Gasteiger partial charge in [-0.15, -0.1) is 10.2 Å². The van der Waals surface area contributed by atoms with Crippen molar-refractivity contribution in [3.63, 3.8) is 0 Å². The highest BCUT2D eigenvalue weighted by molar-refractivity contribution is 8.01. The Bertz CT molecular complexity index is 1120. The Morgan fingerprint density at radius 3 is 2.83 bits per heavy atom. The number of carbonyl (C=O) groups excluding carboxylic acids is 1. The topological polar surface area (TPSA) is 97.6 Å². The number of anilines is 2. The van der Waals surface area contributed by atoms with Crippen LogP contribution in [0.3, 0.4) is 0 Å². The van der Waals surface area contributed by atoms with Crippen LogP contribution in [-0.4, -0.2) is 36.6 Å². The van der Waals surface area contributed by atoms with Crippen LogP contribution < -0.4 is 10.6 Å². The lowest BCUT2D eigenvalue weighted by Gasteiger charge is -2.11. The van der Waals surface area contributed by atoms with E-state index in [0.29, 0.717) is 32.4 Å². The molecule has 8 nitrogen and oxygen atoms in total. The van der Waals surface area contributed by atoms with Gasteiger partial charge in [-0.05, 0) is 23.8 Å². The standard InChI is InChI=1S/C19H16ClN7OS2/c20-14-6-7-16(27-12-21-11-23-27)15(8-14)24-17(28)10-29-19-26-25-18(30-19)22-9-13-4-2-1-3-5-13/h1-8,11-12H,9-10H2,(H,22,25)(H,24,28). The van der Waals surface area contributed by atoms with Crippen LogP contribution in [0.5, 0.6) is 0 Å². The molecular formula is C19H16ClN7OS2. The molecular weight excluding hydrogens is 442 g/mol. The third-order valence-corrected chi connectivity index (χ3v) is 6.17. The predicted octanol–water partition coefficient (Wildman–Crippen LogP) is 4.12. The minimum Gasteiger partial charge on any atom is -0.356 e. The van der Waals surface area contributed by atoms with E-state index in [1.807, 2.05) is 30.3 Å². The van der Waals surface area contributed by atoms with Crippen LogP contribution in [0.4, 0.5) is 10.8 Å². The summed E-state index contributed by atoms with van der Waals surface area (Å²) < 4.78 is 2.28. The number of hydrogen-bond acceptors (Lipinski definition) is 8. The van der Waals surface area contributed by atoms with Crippen molar-refractivity contribution in [3.05, 3.63) is 71.8 Å². The summed E-state index contributed by atoms with van der Waals surface area (Å²) in [5.74, 6) is 0.00835. The van der Waals surface area contributed by atoms with Crippen LogP contribution in [0.25, 0.3) is 5.69 Å². The normalized spacial score (nSPS) is 10.7. The van der Waals surface area contributed by atoms with Gasteiger partial charge in [0.15, 0.2) is 4.34 Å². The van der Waals surface area contributed by atoms with Crippen LogP contribution in [0.2, 0.25) is 5.02 Å². The number of hydrogen-bond donors (Lipinski definition) is 2. The zero-order valence-corrected chi connectivity index (χ0v) is 17.9. The Morgan fingerprint density at radius 2 is 2.03 bits per heavy atom. The summed E-state index contributed by atoms with van der Waals surface area (Å²) in [5.41, 5.74) is 2.39. The van der Waals surface area contributed by atoms with E-state index < -0.39 is 0 Å². The second-order valence-electron chi connectivity index (χ2n) is 6.05. The molecule has 0 unspecified atom stereocenters. The van der Waals surface area contributed by atoms with E-state index in [-0.39, 0.29) is 11.7 Å². The van der Waals surface area contributed by atoms with E-state index in [9.17, 15) is 4.79 Å². The molecule has 152 valence electrons. The highest BCUT2D eigenvalue weighted by Gasteiger charge is 2.12. The van der Waals surface area contributed by atoms with E-state index >= 15 is 0 Å². The first-order valence-corrected chi connectivity index (χ1v) is 11.0. The van der Waals surface area contributed by atoms with E-state index in [1.54, 1.807) is 29.2 Å². The van der Waals surface area contributed by atoms with Crippen molar-refractivity contribution in [1.29, 1.82) is 0 Å². The van der Waals surface area contributed by atoms with Crippen molar-refractivity contribution in [2.75, 3.05) is 16.4 Å². The highest BCUT2D eigenvalue weighted by Crippen LogP contribution is 2.27. The van der Waals surface area contributed by atoms with Gasteiger partial charge < -0.3 is 10.6 Å². The molecule has 11 heteroatoms. The number of nitrogens with one attached hydrogen (secondary N) is 2. The smallest absolute Gasteiger partial charge is 0.234 e. The first-order valence-electron chi connectivity index (χ1n) is 8.86. The molecule has 4 rings (SSSR count). The van der Waals surface area contributed by atoms with Gasteiger partial charge in [-0.2, -0.15) is 5.10 Å². The lowest BCUT2D eigenvalue weighted by molar-refractivity contribution is -0.113. The summed E-state index contributed by atoms with van der Waals surface area (Å²) in [6, 6.07) is 15.2. The number of aromatic nitrogens is 5. The Morgan fingerprint density at radius 1 is 1.17 bits per heavy atom. The van der Waals surface area contributed by atoms with Gasteiger partial charge in [0.25, 0.3) is 0 Å². The molecule has 0 bridgehead atoms. The van der Waals surface area contributed by atoms with E-state index in [4.69, 9.17) is 11.6 Å². The summed E-state index contributed by atoms with van der Waals surface area (Å²) in [7, 11) is 0. The molecule has 2 aromatic heterocycles. The molecule has 2 N–H and O–H groups in total. The molecule has 0 spiro atoms. The molecule has 30 heavy (non-hydrogen) atoms. The molecule has 0 atom stereocenters. The molecule has 4 aromatic rings. The summed E-state index contributed by atoms with van der Waals surface area (Å²) in [5, 5.41) is 19.7. The first kappa shape index (κ1) is 20.3. The molecule has 0 radical (unpaired) electrons. The van der Waals surface area contributed by atoms with Gasteiger partial charge in [0.1, 0.15) is 12.7 Å². The minimum atomic E-state index is -0.183. The fourth-order valence-electron chi connectivity index (χ4n) is 2.57. The Hall–Kier alpha value is -2.95. The third-order valence-electron chi connectivity index (χ3n) is 3.92. The molecule has 0 aliphatic rings. The second-order valence-corrected chi connectivity index (χ2v) is 8.69. The van der Waals surface area contributed by atoms with Crippen molar-refractivity contribution < 1.29 is 4.79 Å². The lowest BCUT2D eigenvalue weighted by atomic mass is 10.2. The second kappa shape index (κ2) is 9.70. The highest BCUT2D eigenvalue weighted by atomic mass is 35.5. The zero-order chi connectivity index (χ0) is 20.8. The molecule has 0 aliphatic carbocycles. The Balaban J connectivity index is 1.33. The van der Waals surface area contributed by atoms with Gasteiger partial charge in [0.05, 0.1) is 17.1 Å². The molecule has 1 amide bonds. The summed E-state index contributed by atoms with van der Waals surface area (Å²) in [6.45, 7) is 0.667. The van der Waals surface area contributed by atoms with Crippen LogP contribution in [-0.2, 0) is 11.3 Å². The van der Waals surface area contributed by atoms with Gasteiger partial charge in [0, 0.05) is 11.6 Å². The third kappa shape index (κ3) is 5.35. The van der Waals surface area contributed by atoms with Crippen molar-refractivity contribution in [1.82, 2.24) is 25.0 Å². The quantitative estimate of drug-likeness (QED) is 0.384. The van der Waals surface area contributed by atoms with Crippen molar-refractivity contribution in [3.8, 4) is 5.69 Å². The number of amides is 1. The first-order chi connectivity index (χ1) is 14.7.